The lowest BCUT2D eigenvalue weighted by atomic mass is 9.83. The van der Waals surface area contributed by atoms with Gasteiger partial charge in [-0.15, -0.1) is 0 Å². The SMILES string of the molecule is CCNC(Cc1cc(C)cc(C)c1)C(C)(CC)N(C)C. The van der Waals surface area contributed by atoms with E-state index >= 15 is 0 Å². The third-order valence-electron chi connectivity index (χ3n) is 4.66. The van der Waals surface area contributed by atoms with Gasteiger partial charge >= 0.3 is 0 Å². The van der Waals surface area contributed by atoms with E-state index in [4.69, 9.17) is 0 Å². The van der Waals surface area contributed by atoms with E-state index < -0.39 is 0 Å². The summed E-state index contributed by atoms with van der Waals surface area (Å²) in [6.45, 7) is 12.2. The number of benzene rings is 1. The molecule has 0 saturated heterocycles. The van der Waals surface area contributed by atoms with Gasteiger partial charge in [-0.3, -0.25) is 0 Å². The average Bonchev–Trinajstić information content (AvgIpc) is 2.35. The van der Waals surface area contributed by atoms with Gasteiger partial charge in [0.2, 0.25) is 0 Å². The van der Waals surface area contributed by atoms with E-state index in [0.717, 1.165) is 19.4 Å². The van der Waals surface area contributed by atoms with Crippen LogP contribution >= 0.6 is 0 Å². The maximum Gasteiger partial charge on any atom is 0.0328 e. The number of aryl methyl sites for hydroxylation is 2. The first-order chi connectivity index (χ1) is 9.33. The molecule has 0 radical (unpaired) electrons. The Morgan fingerprint density at radius 2 is 1.65 bits per heavy atom. The normalized spacial score (nSPS) is 16.2. The molecule has 0 aliphatic rings. The minimum Gasteiger partial charge on any atom is -0.312 e. The number of nitrogens with zero attached hydrogens (tertiary/aromatic N) is 1. The van der Waals surface area contributed by atoms with Crippen LogP contribution in [-0.2, 0) is 6.42 Å². The molecule has 0 aliphatic carbocycles. The van der Waals surface area contributed by atoms with Gasteiger partial charge in [0.15, 0.2) is 0 Å². The number of likely N-dealkylation sites (N-methyl/N-ethyl adjacent to an activating group) is 2. The zero-order valence-electron chi connectivity index (χ0n) is 14.4. The lowest BCUT2D eigenvalue weighted by molar-refractivity contribution is 0.113. The molecule has 2 unspecified atom stereocenters. The van der Waals surface area contributed by atoms with Crippen molar-refractivity contribution in [3.05, 3.63) is 34.9 Å². The second-order valence-corrected chi connectivity index (χ2v) is 6.42. The van der Waals surface area contributed by atoms with E-state index in [9.17, 15) is 0 Å². The molecule has 1 aromatic carbocycles. The van der Waals surface area contributed by atoms with Crippen molar-refractivity contribution in [2.45, 2.75) is 59.0 Å². The molecule has 0 aliphatic heterocycles. The first-order valence-electron chi connectivity index (χ1n) is 7.81. The first kappa shape index (κ1) is 17.2. The molecule has 2 nitrogen and oxygen atoms in total. The third kappa shape index (κ3) is 4.07. The molecule has 0 spiro atoms. The Balaban J connectivity index is 3.02. The zero-order chi connectivity index (χ0) is 15.3. The van der Waals surface area contributed by atoms with E-state index in [2.05, 4.69) is 77.1 Å². The van der Waals surface area contributed by atoms with Crippen LogP contribution in [0, 0.1) is 13.8 Å². The average molecular weight is 276 g/mol. The second-order valence-electron chi connectivity index (χ2n) is 6.42. The Bertz CT molecular complexity index is 405. The summed E-state index contributed by atoms with van der Waals surface area (Å²) in [5.41, 5.74) is 4.33. The van der Waals surface area contributed by atoms with E-state index in [1.807, 2.05) is 0 Å². The molecule has 0 heterocycles. The number of rotatable bonds is 7. The first-order valence-corrected chi connectivity index (χ1v) is 7.81. The van der Waals surface area contributed by atoms with Gasteiger partial charge in [-0.05, 0) is 59.8 Å². The van der Waals surface area contributed by atoms with Gasteiger partial charge in [0.05, 0.1) is 0 Å². The van der Waals surface area contributed by atoms with E-state index in [0.29, 0.717) is 6.04 Å². The maximum absolute atomic E-state index is 3.70. The highest BCUT2D eigenvalue weighted by molar-refractivity contribution is 5.29. The van der Waals surface area contributed by atoms with Gasteiger partial charge in [0.25, 0.3) is 0 Å². The molecular weight excluding hydrogens is 244 g/mol. The van der Waals surface area contributed by atoms with Crippen molar-refractivity contribution in [1.29, 1.82) is 0 Å². The Hall–Kier alpha value is -0.860. The van der Waals surface area contributed by atoms with E-state index in [1.165, 1.54) is 16.7 Å². The van der Waals surface area contributed by atoms with Crippen molar-refractivity contribution in [1.82, 2.24) is 10.2 Å². The predicted molar refractivity (Wildman–Crippen MR) is 89.5 cm³/mol. The van der Waals surface area contributed by atoms with Gasteiger partial charge < -0.3 is 10.2 Å². The van der Waals surface area contributed by atoms with Gasteiger partial charge in [-0.25, -0.2) is 0 Å². The summed E-state index contributed by atoms with van der Waals surface area (Å²) in [6, 6.07) is 7.36. The molecular formula is C18H32N2. The summed E-state index contributed by atoms with van der Waals surface area (Å²) in [4.78, 5) is 2.36. The highest BCUT2D eigenvalue weighted by Crippen LogP contribution is 2.24. The molecule has 0 bridgehead atoms. The largest absolute Gasteiger partial charge is 0.312 e. The van der Waals surface area contributed by atoms with Crippen LogP contribution in [0.1, 0.15) is 43.9 Å². The van der Waals surface area contributed by atoms with Crippen LogP contribution in [-0.4, -0.2) is 37.1 Å². The number of hydrogen-bond donors (Lipinski definition) is 1. The van der Waals surface area contributed by atoms with Crippen molar-refractivity contribution in [2.75, 3.05) is 20.6 Å². The van der Waals surface area contributed by atoms with Crippen molar-refractivity contribution in [2.24, 2.45) is 0 Å². The maximum atomic E-state index is 3.70. The zero-order valence-corrected chi connectivity index (χ0v) is 14.4. The second kappa shape index (κ2) is 7.24. The summed E-state index contributed by atoms with van der Waals surface area (Å²) in [5.74, 6) is 0. The van der Waals surface area contributed by atoms with Crippen LogP contribution in [0.4, 0.5) is 0 Å². The fourth-order valence-corrected chi connectivity index (χ4v) is 3.06. The topological polar surface area (TPSA) is 15.3 Å². The van der Waals surface area contributed by atoms with Crippen LogP contribution < -0.4 is 5.32 Å². The standard InChI is InChI=1S/C18H32N2/c1-8-18(5,20(6)7)17(19-9-2)13-16-11-14(3)10-15(4)12-16/h10-12,17,19H,8-9,13H2,1-7H3. The molecule has 114 valence electrons. The highest BCUT2D eigenvalue weighted by atomic mass is 15.2. The quantitative estimate of drug-likeness (QED) is 0.819. The molecule has 1 aromatic rings. The minimum absolute atomic E-state index is 0.174. The highest BCUT2D eigenvalue weighted by Gasteiger charge is 2.34. The molecule has 20 heavy (non-hydrogen) atoms. The lowest BCUT2D eigenvalue weighted by Crippen LogP contribution is -2.57. The van der Waals surface area contributed by atoms with Crippen molar-refractivity contribution >= 4 is 0 Å². The molecule has 0 fully saturated rings. The number of hydrogen-bond acceptors (Lipinski definition) is 2. The summed E-state index contributed by atoms with van der Waals surface area (Å²) in [5, 5.41) is 3.70. The summed E-state index contributed by atoms with van der Waals surface area (Å²) >= 11 is 0. The fourth-order valence-electron chi connectivity index (χ4n) is 3.06. The van der Waals surface area contributed by atoms with E-state index in [-0.39, 0.29) is 5.54 Å². The van der Waals surface area contributed by atoms with Crippen LogP contribution in [0.15, 0.2) is 18.2 Å². The molecule has 0 aromatic heterocycles. The Labute approximate surface area is 125 Å². The van der Waals surface area contributed by atoms with Crippen LogP contribution in [0.25, 0.3) is 0 Å². The van der Waals surface area contributed by atoms with Gasteiger partial charge in [0.1, 0.15) is 0 Å². The fraction of sp³-hybridized carbons (Fsp3) is 0.667. The molecule has 0 saturated carbocycles. The molecule has 1 N–H and O–H groups in total. The third-order valence-corrected chi connectivity index (χ3v) is 4.66. The Morgan fingerprint density at radius 3 is 2.05 bits per heavy atom. The summed E-state index contributed by atoms with van der Waals surface area (Å²) in [7, 11) is 4.38. The van der Waals surface area contributed by atoms with Crippen LogP contribution in [0.3, 0.4) is 0 Å². The van der Waals surface area contributed by atoms with Crippen LogP contribution in [0.5, 0.6) is 0 Å². The molecule has 2 heteroatoms. The van der Waals surface area contributed by atoms with Gasteiger partial charge in [-0.2, -0.15) is 0 Å². The van der Waals surface area contributed by atoms with Crippen molar-refractivity contribution in [3.63, 3.8) is 0 Å². The van der Waals surface area contributed by atoms with E-state index in [1.54, 1.807) is 0 Å². The minimum atomic E-state index is 0.174. The Morgan fingerprint density at radius 1 is 1.10 bits per heavy atom. The number of nitrogens with one attached hydrogen (secondary N) is 1. The van der Waals surface area contributed by atoms with Gasteiger partial charge in [0, 0.05) is 11.6 Å². The molecule has 2 atom stereocenters. The lowest BCUT2D eigenvalue weighted by Gasteiger charge is -2.43. The monoisotopic (exact) mass is 276 g/mol. The van der Waals surface area contributed by atoms with Gasteiger partial charge in [-0.1, -0.05) is 43.2 Å². The summed E-state index contributed by atoms with van der Waals surface area (Å²) < 4.78 is 0. The molecule has 0 amide bonds. The summed E-state index contributed by atoms with van der Waals surface area (Å²) in [6.07, 6.45) is 2.22. The molecule has 1 rings (SSSR count). The predicted octanol–water partition coefficient (Wildman–Crippen LogP) is 3.55. The smallest absolute Gasteiger partial charge is 0.0328 e. The Kier molecular flexibility index (Phi) is 6.22. The van der Waals surface area contributed by atoms with Crippen molar-refractivity contribution in [3.8, 4) is 0 Å². The van der Waals surface area contributed by atoms with Crippen LogP contribution in [0.2, 0.25) is 0 Å². The van der Waals surface area contributed by atoms with Crippen molar-refractivity contribution < 1.29 is 0 Å².